The zero-order chi connectivity index (χ0) is 16.9. The Morgan fingerprint density at radius 2 is 1.88 bits per heavy atom. The number of hydrogen-bond donors (Lipinski definition) is 1. The molecular weight excluding hydrogens is 300 g/mol. The van der Waals surface area contributed by atoms with E-state index in [0.29, 0.717) is 17.8 Å². The second kappa shape index (κ2) is 4.65. The first-order chi connectivity index (χ1) is 11.3. The number of aliphatic hydroxyl groups excluding tert-OH is 1. The van der Waals surface area contributed by atoms with Crippen LogP contribution in [0.3, 0.4) is 0 Å². The zero-order valence-corrected chi connectivity index (χ0v) is 15.4. The van der Waals surface area contributed by atoms with Gasteiger partial charge in [0.15, 0.2) is 0 Å². The van der Waals surface area contributed by atoms with E-state index in [1.54, 1.807) is 0 Å². The Kier molecular flexibility index (Phi) is 3.06. The first kappa shape index (κ1) is 15.8. The topological polar surface area (TPSA) is 49.8 Å². The number of rotatable bonds is 1. The van der Waals surface area contributed by atoms with Gasteiger partial charge in [-0.05, 0) is 75.0 Å². The van der Waals surface area contributed by atoms with Gasteiger partial charge < -0.3 is 9.84 Å². The molecule has 24 heavy (non-hydrogen) atoms. The number of carbonyl (C=O) groups is 1. The van der Waals surface area contributed by atoms with E-state index in [0.717, 1.165) is 37.5 Å². The zero-order valence-electron chi connectivity index (χ0n) is 15.4. The average molecular weight is 332 g/mol. The van der Waals surface area contributed by atoms with E-state index in [-0.39, 0.29) is 28.5 Å². The number of carbonyl (C=O) groups excluding carboxylic acids is 1. The lowest BCUT2D eigenvalue weighted by molar-refractivity contribution is -0.133. The molecule has 4 unspecified atom stereocenters. The highest BCUT2D eigenvalue weighted by Crippen LogP contribution is 2.73. The Labute approximate surface area is 145 Å². The van der Waals surface area contributed by atoms with E-state index in [2.05, 4.69) is 13.8 Å². The highest BCUT2D eigenvalue weighted by Gasteiger charge is 2.76. The van der Waals surface area contributed by atoms with Gasteiger partial charge in [-0.3, -0.25) is 4.79 Å². The third-order valence-corrected chi connectivity index (χ3v) is 9.55. The van der Waals surface area contributed by atoms with Crippen LogP contribution in [0.5, 0.6) is 0 Å². The second-order valence-corrected chi connectivity index (χ2v) is 10.2. The maximum absolute atomic E-state index is 12.2. The number of epoxide rings is 1. The number of ether oxygens (including phenoxy) is 1. The lowest BCUT2D eigenvalue weighted by Gasteiger charge is -2.59. The molecule has 0 aromatic carbocycles. The fourth-order valence-corrected chi connectivity index (χ4v) is 8.33. The van der Waals surface area contributed by atoms with Crippen LogP contribution >= 0.6 is 0 Å². The van der Waals surface area contributed by atoms with Gasteiger partial charge in [-0.1, -0.05) is 13.8 Å². The van der Waals surface area contributed by atoms with Gasteiger partial charge in [-0.25, -0.2) is 0 Å². The van der Waals surface area contributed by atoms with Crippen molar-refractivity contribution in [1.82, 2.24) is 0 Å². The molecule has 1 heterocycles. The molecule has 3 nitrogen and oxygen atoms in total. The molecule has 134 valence electrons. The molecule has 9 atom stereocenters. The van der Waals surface area contributed by atoms with E-state index in [4.69, 9.17) is 4.74 Å². The van der Waals surface area contributed by atoms with Gasteiger partial charge >= 0.3 is 0 Å². The molecule has 0 bridgehead atoms. The SMILES string of the molecule is CC(=O)C1CCC2C3C[C@@H]4O[C@@]45C[C@@H](O)CC[C@]5(C)C3CC[C@]12C. The normalized spacial score (nSPS) is 61.3. The van der Waals surface area contributed by atoms with Gasteiger partial charge in [0, 0.05) is 17.8 Å². The number of aliphatic hydroxyl groups is 1. The van der Waals surface area contributed by atoms with E-state index in [9.17, 15) is 9.90 Å². The molecule has 5 rings (SSSR count). The lowest BCUT2D eigenvalue weighted by Crippen LogP contribution is -2.58. The fraction of sp³-hybridized carbons (Fsp3) is 0.952. The van der Waals surface area contributed by atoms with Crippen molar-refractivity contribution in [2.24, 2.45) is 34.5 Å². The smallest absolute Gasteiger partial charge is 0.133 e. The van der Waals surface area contributed by atoms with Crippen LogP contribution in [0, 0.1) is 34.5 Å². The number of hydrogen-bond acceptors (Lipinski definition) is 3. The van der Waals surface area contributed by atoms with Crippen LogP contribution in [0.1, 0.15) is 72.1 Å². The van der Waals surface area contributed by atoms with Gasteiger partial charge in [0.05, 0.1) is 12.2 Å². The van der Waals surface area contributed by atoms with Crippen molar-refractivity contribution in [3.05, 3.63) is 0 Å². The van der Waals surface area contributed by atoms with Crippen molar-refractivity contribution in [3.63, 3.8) is 0 Å². The van der Waals surface area contributed by atoms with Gasteiger partial charge in [0.2, 0.25) is 0 Å². The highest BCUT2D eigenvalue weighted by molar-refractivity contribution is 5.79. The molecular formula is C21H32O3. The van der Waals surface area contributed by atoms with E-state index < -0.39 is 0 Å². The van der Waals surface area contributed by atoms with E-state index in [1.807, 2.05) is 6.92 Å². The van der Waals surface area contributed by atoms with Gasteiger partial charge in [0.1, 0.15) is 11.4 Å². The fourth-order valence-electron chi connectivity index (χ4n) is 8.33. The van der Waals surface area contributed by atoms with Crippen molar-refractivity contribution < 1.29 is 14.6 Å². The predicted octanol–water partition coefficient (Wildman–Crippen LogP) is 3.73. The van der Waals surface area contributed by atoms with Crippen molar-refractivity contribution in [1.29, 1.82) is 0 Å². The largest absolute Gasteiger partial charge is 0.393 e. The van der Waals surface area contributed by atoms with Crippen LogP contribution in [-0.4, -0.2) is 28.7 Å². The summed E-state index contributed by atoms with van der Waals surface area (Å²) in [5.74, 6) is 2.87. The molecule has 1 aliphatic heterocycles. The predicted molar refractivity (Wildman–Crippen MR) is 91.4 cm³/mol. The maximum atomic E-state index is 12.2. The minimum atomic E-state index is -0.165. The monoisotopic (exact) mass is 332 g/mol. The van der Waals surface area contributed by atoms with E-state index in [1.165, 1.54) is 25.7 Å². The summed E-state index contributed by atoms with van der Waals surface area (Å²) in [6, 6.07) is 0. The molecule has 5 fully saturated rings. The Morgan fingerprint density at radius 1 is 1.08 bits per heavy atom. The summed E-state index contributed by atoms with van der Waals surface area (Å²) in [6.45, 7) is 6.69. The molecule has 1 N–H and O–H groups in total. The Balaban J connectivity index is 1.49. The molecule has 5 aliphatic rings. The van der Waals surface area contributed by atoms with Crippen LogP contribution in [-0.2, 0) is 9.53 Å². The molecule has 4 saturated carbocycles. The highest BCUT2D eigenvalue weighted by atomic mass is 16.6. The number of Topliss-reactive ketones (excluding diaryl/α,β-unsaturated/α-hetero) is 1. The molecule has 4 aliphatic carbocycles. The van der Waals surface area contributed by atoms with Crippen molar-refractivity contribution in [2.45, 2.75) is 89.9 Å². The van der Waals surface area contributed by atoms with Crippen molar-refractivity contribution in [3.8, 4) is 0 Å². The molecule has 3 heteroatoms. The van der Waals surface area contributed by atoms with Crippen LogP contribution in [0.2, 0.25) is 0 Å². The maximum Gasteiger partial charge on any atom is 0.133 e. The van der Waals surface area contributed by atoms with Crippen LogP contribution in [0.25, 0.3) is 0 Å². The summed E-state index contributed by atoms with van der Waals surface area (Å²) in [4.78, 5) is 12.2. The molecule has 1 spiro atoms. The average Bonchev–Trinajstić information content (AvgIpc) is 3.08. The number of ketones is 1. The molecule has 0 aromatic heterocycles. The van der Waals surface area contributed by atoms with Crippen molar-refractivity contribution in [2.75, 3.05) is 0 Å². The molecule has 0 radical (unpaired) electrons. The summed E-state index contributed by atoms with van der Waals surface area (Å²) < 4.78 is 6.36. The Morgan fingerprint density at radius 3 is 2.62 bits per heavy atom. The van der Waals surface area contributed by atoms with Gasteiger partial charge in [-0.15, -0.1) is 0 Å². The summed E-state index contributed by atoms with van der Waals surface area (Å²) >= 11 is 0. The number of fused-ring (bicyclic) bond motifs is 4. The molecule has 0 aromatic rings. The Hall–Kier alpha value is -0.410. The van der Waals surface area contributed by atoms with Gasteiger partial charge in [-0.2, -0.15) is 0 Å². The quantitative estimate of drug-likeness (QED) is 0.745. The minimum Gasteiger partial charge on any atom is -0.393 e. The first-order valence-electron chi connectivity index (χ1n) is 10.2. The van der Waals surface area contributed by atoms with E-state index >= 15 is 0 Å². The van der Waals surface area contributed by atoms with Gasteiger partial charge in [0.25, 0.3) is 0 Å². The van der Waals surface area contributed by atoms with Crippen LogP contribution < -0.4 is 0 Å². The lowest BCUT2D eigenvalue weighted by atomic mass is 9.44. The summed E-state index contributed by atoms with van der Waals surface area (Å²) in [7, 11) is 0. The third kappa shape index (κ3) is 1.69. The molecule has 0 amide bonds. The van der Waals surface area contributed by atoms with Crippen molar-refractivity contribution >= 4 is 5.78 Å². The van der Waals surface area contributed by atoms with Crippen LogP contribution in [0.4, 0.5) is 0 Å². The third-order valence-electron chi connectivity index (χ3n) is 9.55. The molecule has 1 saturated heterocycles. The summed E-state index contributed by atoms with van der Waals surface area (Å²) in [5.41, 5.74) is 0.458. The second-order valence-electron chi connectivity index (χ2n) is 10.2. The Bertz CT molecular complexity index is 588. The first-order valence-corrected chi connectivity index (χ1v) is 10.2. The summed E-state index contributed by atoms with van der Waals surface area (Å²) in [6.07, 6.45) is 9.10. The van der Waals surface area contributed by atoms with Crippen LogP contribution in [0.15, 0.2) is 0 Å². The standard InChI is InChI=1S/C21H32O3/c1-12(22)15-4-5-16-14-10-18-21(24-18)11-13(23)6-9-20(21,3)17(14)7-8-19(15,16)2/h13-18,23H,4-11H2,1-3H3/t13-,14?,15?,16?,17?,18-,19+,20+,21-/m0/s1. The summed E-state index contributed by atoms with van der Waals surface area (Å²) in [5, 5.41) is 10.2. The minimum absolute atomic E-state index is 0.0157.